The Morgan fingerprint density at radius 1 is 1.56 bits per heavy atom. The van der Waals surface area contributed by atoms with Gasteiger partial charge in [-0.05, 0) is 26.8 Å². The molecule has 18 heavy (non-hydrogen) atoms. The number of hydrogen-bond acceptors (Lipinski definition) is 3. The number of rotatable bonds is 5. The van der Waals surface area contributed by atoms with E-state index in [2.05, 4.69) is 0 Å². The van der Waals surface area contributed by atoms with Crippen LogP contribution in [0.5, 0.6) is 0 Å². The van der Waals surface area contributed by atoms with E-state index in [1.54, 1.807) is 16.8 Å². The maximum atomic E-state index is 13.6. The smallest absolute Gasteiger partial charge is 0.317 e. The van der Waals surface area contributed by atoms with Gasteiger partial charge in [-0.25, -0.2) is 8.78 Å². The zero-order valence-electron chi connectivity index (χ0n) is 11.2. The molecule has 0 radical (unpaired) electrons. The van der Waals surface area contributed by atoms with Gasteiger partial charge in [0, 0.05) is 25.6 Å². The molecule has 1 fully saturated rings. The van der Waals surface area contributed by atoms with Crippen molar-refractivity contribution in [1.29, 1.82) is 0 Å². The topological polar surface area (TPSA) is 43.8 Å². The van der Waals surface area contributed by atoms with Gasteiger partial charge < -0.3 is 5.11 Å². The van der Waals surface area contributed by atoms with Gasteiger partial charge >= 0.3 is 5.97 Å². The first-order valence-corrected chi connectivity index (χ1v) is 6.22. The quantitative estimate of drug-likeness (QED) is 0.814. The van der Waals surface area contributed by atoms with Crippen LogP contribution in [0.3, 0.4) is 0 Å². The summed E-state index contributed by atoms with van der Waals surface area (Å²) >= 11 is 0. The first-order valence-electron chi connectivity index (χ1n) is 6.22. The van der Waals surface area contributed by atoms with Crippen LogP contribution in [0.4, 0.5) is 8.78 Å². The number of carboxylic acids is 1. The minimum atomic E-state index is -2.67. The third-order valence-corrected chi connectivity index (χ3v) is 3.22. The van der Waals surface area contributed by atoms with Gasteiger partial charge in [0.15, 0.2) is 0 Å². The second-order valence-corrected chi connectivity index (χ2v) is 5.54. The predicted octanol–water partition coefficient (Wildman–Crippen LogP) is 1.37. The Hall–Kier alpha value is -0.750. The van der Waals surface area contributed by atoms with Crippen LogP contribution in [-0.2, 0) is 4.79 Å². The van der Waals surface area contributed by atoms with Crippen LogP contribution >= 0.6 is 0 Å². The molecule has 106 valence electrons. The van der Waals surface area contributed by atoms with Crippen molar-refractivity contribution >= 4 is 5.97 Å². The lowest BCUT2D eigenvalue weighted by Crippen LogP contribution is -2.52. The van der Waals surface area contributed by atoms with Crippen molar-refractivity contribution in [2.45, 2.75) is 32.2 Å². The maximum absolute atomic E-state index is 13.6. The van der Waals surface area contributed by atoms with E-state index in [0.29, 0.717) is 13.1 Å². The van der Waals surface area contributed by atoms with Crippen LogP contribution in [0.2, 0.25) is 0 Å². The Kier molecular flexibility index (Phi) is 5.04. The molecule has 0 aromatic carbocycles. The fraction of sp³-hybridized carbons (Fsp3) is 0.917. The third-order valence-electron chi connectivity index (χ3n) is 3.22. The lowest BCUT2D eigenvalue weighted by atomic mass is 9.93. The highest BCUT2D eigenvalue weighted by Crippen LogP contribution is 2.31. The number of halogens is 2. The molecule has 0 aliphatic carbocycles. The molecule has 0 bridgehead atoms. The Morgan fingerprint density at radius 3 is 2.67 bits per heavy atom. The second-order valence-electron chi connectivity index (χ2n) is 5.54. The van der Waals surface area contributed by atoms with Crippen LogP contribution in [0.15, 0.2) is 0 Å². The highest BCUT2D eigenvalue weighted by Gasteiger charge is 2.41. The molecule has 1 aliphatic heterocycles. The molecule has 1 aliphatic rings. The van der Waals surface area contributed by atoms with Gasteiger partial charge in [0.1, 0.15) is 0 Å². The van der Waals surface area contributed by atoms with Gasteiger partial charge in [-0.3, -0.25) is 14.6 Å². The van der Waals surface area contributed by atoms with Crippen molar-refractivity contribution < 1.29 is 18.7 Å². The van der Waals surface area contributed by atoms with Crippen molar-refractivity contribution in [3.8, 4) is 0 Å². The predicted molar refractivity (Wildman–Crippen MR) is 64.9 cm³/mol. The minimum Gasteiger partial charge on any atom is -0.480 e. The number of nitrogens with zero attached hydrogens (tertiary/aromatic N) is 2. The van der Waals surface area contributed by atoms with Gasteiger partial charge in [-0.1, -0.05) is 0 Å². The summed E-state index contributed by atoms with van der Waals surface area (Å²) in [5.74, 6) is -3.78. The van der Waals surface area contributed by atoms with Crippen molar-refractivity contribution in [3.05, 3.63) is 0 Å². The largest absolute Gasteiger partial charge is 0.480 e. The molecule has 6 heteroatoms. The van der Waals surface area contributed by atoms with Crippen molar-refractivity contribution in [2.24, 2.45) is 5.92 Å². The standard InChI is InChI=1S/C12H22F2N2O2/c1-9(2)16-6-10(4-12(13,14)8-16)5-15(3)7-11(17)18/h9-10H,4-8H2,1-3H3,(H,17,18). The average molecular weight is 264 g/mol. The van der Waals surface area contributed by atoms with E-state index in [-0.39, 0.29) is 31.5 Å². The zero-order valence-corrected chi connectivity index (χ0v) is 11.2. The van der Waals surface area contributed by atoms with Crippen LogP contribution in [-0.4, -0.2) is 66.1 Å². The molecule has 0 aromatic rings. The number of carboxylic acid groups (broad SMARTS) is 1. The van der Waals surface area contributed by atoms with Crippen LogP contribution in [0.25, 0.3) is 0 Å². The van der Waals surface area contributed by atoms with E-state index in [1.807, 2.05) is 13.8 Å². The molecular weight excluding hydrogens is 242 g/mol. The van der Waals surface area contributed by atoms with E-state index >= 15 is 0 Å². The molecule has 0 spiro atoms. The highest BCUT2D eigenvalue weighted by atomic mass is 19.3. The number of carbonyl (C=O) groups is 1. The van der Waals surface area contributed by atoms with Gasteiger partial charge in [0.05, 0.1) is 13.1 Å². The first-order chi connectivity index (χ1) is 8.19. The molecule has 4 nitrogen and oxygen atoms in total. The summed E-state index contributed by atoms with van der Waals surface area (Å²) in [6.45, 7) is 4.51. The van der Waals surface area contributed by atoms with Gasteiger partial charge in [0.2, 0.25) is 0 Å². The number of piperidine rings is 1. The Labute approximate surface area is 107 Å². The molecule has 1 unspecified atom stereocenters. The summed E-state index contributed by atoms with van der Waals surface area (Å²) in [7, 11) is 1.65. The van der Waals surface area contributed by atoms with Crippen LogP contribution < -0.4 is 0 Å². The Balaban J connectivity index is 2.56. The number of alkyl halides is 2. The summed E-state index contributed by atoms with van der Waals surface area (Å²) in [5, 5.41) is 8.66. The maximum Gasteiger partial charge on any atom is 0.317 e. The minimum absolute atomic E-state index is 0.0865. The number of likely N-dealkylation sites (N-methyl/N-ethyl adjacent to an activating group) is 1. The summed E-state index contributed by atoms with van der Waals surface area (Å²) in [5.41, 5.74) is 0. The Morgan fingerprint density at radius 2 is 2.17 bits per heavy atom. The fourth-order valence-corrected chi connectivity index (χ4v) is 2.50. The van der Waals surface area contributed by atoms with E-state index in [9.17, 15) is 13.6 Å². The van der Waals surface area contributed by atoms with Gasteiger partial charge in [-0.2, -0.15) is 0 Å². The Bertz CT molecular complexity index is 298. The van der Waals surface area contributed by atoms with Crippen LogP contribution in [0, 0.1) is 5.92 Å². The number of hydrogen-bond donors (Lipinski definition) is 1. The molecule has 0 aromatic heterocycles. The van der Waals surface area contributed by atoms with E-state index in [1.165, 1.54) is 0 Å². The zero-order chi connectivity index (χ0) is 13.9. The lowest BCUT2D eigenvalue weighted by Gasteiger charge is -2.40. The summed E-state index contributed by atoms with van der Waals surface area (Å²) < 4.78 is 27.2. The van der Waals surface area contributed by atoms with Gasteiger partial charge in [-0.15, -0.1) is 0 Å². The van der Waals surface area contributed by atoms with E-state index in [4.69, 9.17) is 5.11 Å². The molecule has 0 amide bonds. The molecule has 1 atom stereocenters. The molecule has 0 saturated carbocycles. The van der Waals surface area contributed by atoms with E-state index < -0.39 is 11.9 Å². The summed E-state index contributed by atoms with van der Waals surface area (Å²) in [6.07, 6.45) is -0.153. The van der Waals surface area contributed by atoms with Crippen molar-refractivity contribution in [3.63, 3.8) is 0 Å². The van der Waals surface area contributed by atoms with E-state index in [0.717, 1.165) is 0 Å². The van der Waals surface area contributed by atoms with Gasteiger partial charge in [0.25, 0.3) is 5.92 Å². The number of aliphatic carboxylic acids is 1. The molecule has 1 rings (SSSR count). The normalized spacial score (nSPS) is 24.7. The monoisotopic (exact) mass is 264 g/mol. The SMILES string of the molecule is CC(C)N1CC(CN(C)CC(=O)O)CC(F)(F)C1. The number of likely N-dealkylation sites (tertiary alicyclic amines) is 1. The summed E-state index contributed by atoms with van der Waals surface area (Å²) in [6, 6.07) is 0.0865. The van der Waals surface area contributed by atoms with Crippen LogP contribution in [0.1, 0.15) is 20.3 Å². The van der Waals surface area contributed by atoms with Crippen molar-refractivity contribution in [2.75, 3.05) is 33.2 Å². The summed E-state index contributed by atoms with van der Waals surface area (Å²) in [4.78, 5) is 13.9. The second kappa shape index (κ2) is 5.93. The first kappa shape index (κ1) is 15.3. The van der Waals surface area contributed by atoms with Crippen molar-refractivity contribution in [1.82, 2.24) is 9.80 Å². The lowest BCUT2D eigenvalue weighted by molar-refractivity contribution is -0.138. The molecule has 1 saturated heterocycles. The molecule has 1 heterocycles. The molecule has 1 N–H and O–H groups in total. The fourth-order valence-electron chi connectivity index (χ4n) is 2.50. The third kappa shape index (κ3) is 4.86. The average Bonchev–Trinajstić information content (AvgIpc) is 2.12. The highest BCUT2D eigenvalue weighted by molar-refractivity contribution is 5.68. The molecular formula is C12H22F2N2O2.